The molecule has 4 heteroatoms. The molecule has 1 fully saturated rings. The third-order valence-corrected chi connectivity index (χ3v) is 4.36. The quantitative estimate of drug-likeness (QED) is 0.784. The molecule has 0 radical (unpaired) electrons. The molecule has 2 nitrogen and oxygen atoms in total. The smallest absolute Gasteiger partial charge is 0.120 e. The molecule has 0 unspecified atom stereocenters. The second-order valence-electron chi connectivity index (χ2n) is 4.40. The van der Waals surface area contributed by atoms with Gasteiger partial charge < -0.3 is 4.98 Å². The van der Waals surface area contributed by atoms with Crippen LogP contribution in [0.1, 0.15) is 44.3 Å². The van der Waals surface area contributed by atoms with E-state index >= 15 is 0 Å². The molecule has 82 valence electrons. The Morgan fingerprint density at radius 3 is 2.67 bits per heavy atom. The number of hydrogen-bond donors (Lipinski definition) is 1. The van der Waals surface area contributed by atoms with Crippen molar-refractivity contribution in [1.82, 2.24) is 9.97 Å². The molecule has 0 bridgehead atoms. The van der Waals surface area contributed by atoms with Crippen LogP contribution in [0.25, 0.3) is 0 Å². The minimum absolute atomic E-state index is 0.580. The van der Waals surface area contributed by atoms with Crippen LogP contribution in [0.4, 0.5) is 0 Å². The van der Waals surface area contributed by atoms with Crippen LogP contribution in [-0.2, 0) is 0 Å². The lowest BCUT2D eigenvalue weighted by Crippen LogP contribution is -2.13. The lowest BCUT2D eigenvalue weighted by Gasteiger charge is -2.25. The third kappa shape index (κ3) is 2.67. The topological polar surface area (TPSA) is 28.7 Å². The highest BCUT2D eigenvalue weighted by Gasteiger charge is 2.21. The van der Waals surface area contributed by atoms with Crippen LogP contribution in [0.3, 0.4) is 0 Å². The first kappa shape index (κ1) is 11.3. The first-order chi connectivity index (χ1) is 7.16. The molecule has 0 amide bonds. The van der Waals surface area contributed by atoms with Crippen LogP contribution in [-0.4, -0.2) is 9.97 Å². The molecule has 1 aliphatic rings. The van der Waals surface area contributed by atoms with Gasteiger partial charge in [-0.05, 0) is 34.7 Å². The van der Waals surface area contributed by atoms with Crippen LogP contribution in [0.5, 0.6) is 0 Å². The first-order valence-corrected chi connectivity index (χ1v) is 6.61. The van der Waals surface area contributed by atoms with Crippen LogP contribution >= 0.6 is 28.1 Å². The van der Waals surface area contributed by atoms with Crippen molar-refractivity contribution in [2.24, 2.45) is 5.92 Å². The highest BCUT2D eigenvalue weighted by atomic mass is 79.9. The standard InChI is InChI=1S/C11H15BrN2S/c1-7-2-4-8(5-3-7)10-13-6-9(12)11(15)14-10/h6-8H,2-5H2,1H3,(H,13,14,15). The van der Waals surface area contributed by atoms with Crippen LogP contribution < -0.4 is 0 Å². The Bertz CT molecular complexity index is 394. The number of nitrogens with zero attached hydrogens (tertiary/aromatic N) is 1. The Morgan fingerprint density at radius 1 is 1.40 bits per heavy atom. The molecule has 15 heavy (non-hydrogen) atoms. The summed E-state index contributed by atoms with van der Waals surface area (Å²) in [5.74, 6) is 2.52. The summed E-state index contributed by atoms with van der Waals surface area (Å²) in [4.78, 5) is 7.64. The summed E-state index contributed by atoms with van der Waals surface area (Å²) < 4.78 is 1.64. The predicted octanol–water partition coefficient (Wildman–Crippen LogP) is 4.20. The SMILES string of the molecule is CC1CCC(c2ncc(Br)c(=S)[nH]2)CC1. The Balaban J connectivity index is 2.16. The number of aromatic amines is 1. The zero-order valence-corrected chi connectivity index (χ0v) is 11.2. The Morgan fingerprint density at radius 2 is 2.07 bits per heavy atom. The monoisotopic (exact) mass is 286 g/mol. The first-order valence-electron chi connectivity index (χ1n) is 5.41. The van der Waals surface area contributed by atoms with Gasteiger partial charge in [-0.15, -0.1) is 0 Å². The molecular weight excluding hydrogens is 272 g/mol. The van der Waals surface area contributed by atoms with Crippen molar-refractivity contribution >= 4 is 28.1 Å². The molecule has 0 spiro atoms. The second kappa shape index (κ2) is 4.74. The van der Waals surface area contributed by atoms with Gasteiger partial charge in [0.15, 0.2) is 0 Å². The number of halogens is 1. The molecule has 0 aliphatic heterocycles. The maximum absolute atomic E-state index is 5.19. The lowest BCUT2D eigenvalue weighted by molar-refractivity contribution is 0.339. The van der Waals surface area contributed by atoms with Gasteiger partial charge in [-0.2, -0.15) is 0 Å². The van der Waals surface area contributed by atoms with Crippen molar-refractivity contribution in [3.8, 4) is 0 Å². The Hall–Kier alpha value is -0.220. The average molecular weight is 287 g/mol. The van der Waals surface area contributed by atoms with E-state index in [9.17, 15) is 0 Å². The second-order valence-corrected chi connectivity index (χ2v) is 5.66. The number of hydrogen-bond acceptors (Lipinski definition) is 2. The van der Waals surface area contributed by atoms with Gasteiger partial charge in [0.2, 0.25) is 0 Å². The highest BCUT2D eigenvalue weighted by Crippen LogP contribution is 2.33. The van der Waals surface area contributed by atoms with Gasteiger partial charge >= 0.3 is 0 Å². The van der Waals surface area contributed by atoms with Gasteiger partial charge in [0.05, 0.1) is 4.47 Å². The molecule has 0 saturated heterocycles. The molecule has 0 aromatic carbocycles. The summed E-state index contributed by atoms with van der Waals surface area (Å²) in [7, 11) is 0. The lowest BCUT2D eigenvalue weighted by atomic mass is 9.82. The molecule has 1 aliphatic carbocycles. The van der Waals surface area contributed by atoms with Crippen molar-refractivity contribution < 1.29 is 0 Å². The molecule has 1 aromatic rings. The van der Waals surface area contributed by atoms with Gasteiger partial charge in [-0.1, -0.05) is 32.0 Å². The molecule has 1 aromatic heterocycles. The maximum atomic E-state index is 5.19. The van der Waals surface area contributed by atoms with E-state index in [0.717, 1.165) is 20.9 Å². The maximum Gasteiger partial charge on any atom is 0.120 e. The summed E-state index contributed by atoms with van der Waals surface area (Å²) in [6, 6.07) is 0. The fourth-order valence-corrected chi connectivity index (χ4v) is 2.49. The van der Waals surface area contributed by atoms with Crippen molar-refractivity contribution in [2.75, 3.05) is 0 Å². The number of aromatic nitrogens is 2. The third-order valence-electron chi connectivity index (χ3n) is 3.18. The Kier molecular flexibility index (Phi) is 3.57. The molecule has 0 atom stereocenters. The number of H-pyrrole nitrogens is 1. The summed E-state index contributed by atoms with van der Waals surface area (Å²) in [6.45, 7) is 2.33. The van der Waals surface area contributed by atoms with E-state index < -0.39 is 0 Å². The zero-order chi connectivity index (χ0) is 10.8. The molecular formula is C11H15BrN2S. The van der Waals surface area contributed by atoms with Gasteiger partial charge in [0.1, 0.15) is 10.5 Å². The largest absolute Gasteiger partial charge is 0.334 e. The van der Waals surface area contributed by atoms with E-state index in [0.29, 0.717) is 5.92 Å². The fraction of sp³-hybridized carbons (Fsp3) is 0.636. The molecule has 1 saturated carbocycles. The van der Waals surface area contributed by atoms with Gasteiger partial charge in [-0.3, -0.25) is 0 Å². The fourth-order valence-electron chi connectivity index (χ4n) is 2.13. The van der Waals surface area contributed by atoms with Crippen LogP contribution in [0.15, 0.2) is 10.7 Å². The van der Waals surface area contributed by atoms with Crippen molar-refractivity contribution in [1.29, 1.82) is 0 Å². The van der Waals surface area contributed by atoms with Gasteiger partial charge in [-0.25, -0.2) is 4.98 Å². The summed E-state index contributed by atoms with van der Waals surface area (Å²) in [5, 5.41) is 0. The van der Waals surface area contributed by atoms with E-state index in [1.54, 1.807) is 0 Å². The van der Waals surface area contributed by atoms with Crippen molar-refractivity contribution in [3.63, 3.8) is 0 Å². The summed E-state index contributed by atoms with van der Waals surface area (Å²) in [6.07, 6.45) is 6.90. The van der Waals surface area contributed by atoms with E-state index in [4.69, 9.17) is 12.2 Å². The van der Waals surface area contributed by atoms with Crippen molar-refractivity contribution in [2.45, 2.75) is 38.5 Å². The van der Waals surface area contributed by atoms with E-state index in [-0.39, 0.29) is 0 Å². The summed E-state index contributed by atoms with van der Waals surface area (Å²) in [5.41, 5.74) is 0. The average Bonchev–Trinajstić information content (AvgIpc) is 2.23. The van der Waals surface area contributed by atoms with Crippen LogP contribution in [0.2, 0.25) is 0 Å². The number of rotatable bonds is 1. The molecule has 2 rings (SSSR count). The predicted molar refractivity (Wildman–Crippen MR) is 67.5 cm³/mol. The van der Waals surface area contributed by atoms with Crippen LogP contribution in [0, 0.1) is 10.6 Å². The zero-order valence-electron chi connectivity index (χ0n) is 8.79. The minimum Gasteiger partial charge on any atom is -0.334 e. The van der Waals surface area contributed by atoms with E-state index in [2.05, 4.69) is 32.8 Å². The Labute approximate surface area is 104 Å². The normalized spacial score (nSPS) is 26.5. The number of nitrogens with one attached hydrogen (secondary N) is 1. The van der Waals surface area contributed by atoms with Gasteiger partial charge in [0.25, 0.3) is 0 Å². The van der Waals surface area contributed by atoms with E-state index in [1.807, 2.05) is 6.20 Å². The summed E-state index contributed by atoms with van der Waals surface area (Å²) >= 11 is 8.56. The molecule has 1 N–H and O–H groups in total. The van der Waals surface area contributed by atoms with Crippen molar-refractivity contribution in [3.05, 3.63) is 21.1 Å². The van der Waals surface area contributed by atoms with Gasteiger partial charge in [0, 0.05) is 12.1 Å². The molecule has 1 heterocycles. The van der Waals surface area contributed by atoms with E-state index in [1.165, 1.54) is 25.7 Å². The minimum atomic E-state index is 0.580. The highest BCUT2D eigenvalue weighted by molar-refractivity contribution is 9.10.